The maximum Gasteiger partial charge on any atom is 0.250 e. The number of halogens is 1. The second-order valence-corrected chi connectivity index (χ2v) is 4.02. The zero-order valence-electron chi connectivity index (χ0n) is 10.2. The molecule has 0 radical (unpaired) electrons. The molecule has 1 aromatic carbocycles. The molecule has 0 saturated heterocycles. The van der Waals surface area contributed by atoms with Crippen molar-refractivity contribution in [2.24, 2.45) is 10.7 Å². The van der Waals surface area contributed by atoms with Gasteiger partial charge < -0.3 is 5.73 Å². The number of carbonyl (C=O) groups is 1. The monoisotopic (exact) mass is 265 g/mol. The van der Waals surface area contributed by atoms with Crippen molar-refractivity contribution >= 4 is 29.5 Å². The van der Waals surface area contributed by atoms with Crippen LogP contribution in [0.2, 0.25) is 5.02 Å². The SMILES string of the molecule is CCCN=C(N)NC(=O)C=Cc1ccccc1Cl. The zero-order chi connectivity index (χ0) is 13.4. The van der Waals surface area contributed by atoms with E-state index in [4.69, 9.17) is 17.3 Å². The van der Waals surface area contributed by atoms with Crippen LogP contribution in [0.1, 0.15) is 18.9 Å². The van der Waals surface area contributed by atoms with Crippen LogP contribution in [-0.2, 0) is 4.79 Å². The number of nitrogens with two attached hydrogens (primary N) is 1. The molecule has 1 amide bonds. The summed E-state index contributed by atoms with van der Waals surface area (Å²) in [7, 11) is 0. The molecular formula is C13H16ClN3O. The molecule has 0 aliphatic heterocycles. The third-order valence-electron chi connectivity index (χ3n) is 2.08. The Morgan fingerprint density at radius 1 is 1.50 bits per heavy atom. The number of rotatable bonds is 4. The summed E-state index contributed by atoms with van der Waals surface area (Å²) in [5.74, 6) is -0.196. The van der Waals surface area contributed by atoms with E-state index < -0.39 is 0 Å². The molecule has 96 valence electrons. The number of hydrogen-bond donors (Lipinski definition) is 2. The van der Waals surface area contributed by atoms with Crippen LogP contribution in [0.25, 0.3) is 6.08 Å². The first-order chi connectivity index (χ1) is 8.63. The van der Waals surface area contributed by atoms with Crippen LogP contribution in [0, 0.1) is 0 Å². The maximum absolute atomic E-state index is 11.5. The van der Waals surface area contributed by atoms with Gasteiger partial charge in [0.2, 0.25) is 0 Å². The Balaban J connectivity index is 2.58. The first-order valence-corrected chi connectivity index (χ1v) is 6.04. The van der Waals surface area contributed by atoms with Gasteiger partial charge in [0.15, 0.2) is 5.96 Å². The average molecular weight is 266 g/mol. The summed E-state index contributed by atoms with van der Waals surface area (Å²) in [4.78, 5) is 15.5. The maximum atomic E-state index is 11.5. The van der Waals surface area contributed by atoms with E-state index in [1.165, 1.54) is 6.08 Å². The van der Waals surface area contributed by atoms with Crippen molar-refractivity contribution in [3.05, 3.63) is 40.9 Å². The first-order valence-electron chi connectivity index (χ1n) is 5.67. The summed E-state index contributed by atoms with van der Waals surface area (Å²) in [5.41, 5.74) is 6.29. The molecule has 0 aliphatic carbocycles. The first kappa shape index (κ1) is 14.3. The number of carbonyl (C=O) groups excluding carboxylic acids is 1. The van der Waals surface area contributed by atoms with E-state index in [0.717, 1.165) is 12.0 Å². The van der Waals surface area contributed by atoms with Crippen molar-refractivity contribution in [3.63, 3.8) is 0 Å². The normalized spacial score (nSPS) is 11.8. The standard InChI is InChI=1S/C13H16ClN3O/c1-2-9-16-13(15)17-12(18)8-7-10-5-3-4-6-11(10)14/h3-8H,2,9H2,1H3,(H3,15,16,17,18). The Kier molecular flexibility index (Phi) is 5.94. The molecule has 4 nitrogen and oxygen atoms in total. The van der Waals surface area contributed by atoms with Crippen LogP contribution in [0.15, 0.2) is 35.3 Å². The number of amides is 1. The van der Waals surface area contributed by atoms with Gasteiger partial charge >= 0.3 is 0 Å². The molecule has 0 heterocycles. The van der Waals surface area contributed by atoms with E-state index in [1.54, 1.807) is 12.1 Å². The quantitative estimate of drug-likeness (QED) is 0.498. The predicted molar refractivity (Wildman–Crippen MR) is 75.4 cm³/mol. The lowest BCUT2D eigenvalue weighted by Crippen LogP contribution is -2.35. The van der Waals surface area contributed by atoms with Crippen LogP contribution in [0.4, 0.5) is 0 Å². The van der Waals surface area contributed by atoms with Crippen molar-refractivity contribution in [1.82, 2.24) is 5.32 Å². The Bertz CT molecular complexity index is 469. The van der Waals surface area contributed by atoms with Crippen LogP contribution < -0.4 is 11.1 Å². The Hall–Kier alpha value is -1.81. The van der Waals surface area contributed by atoms with Gasteiger partial charge in [-0.2, -0.15) is 0 Å². The van der Waals surface area contributed by atoms with Crippen molar-refractivity contribution in [3.8, 4) is 0 Å². The topological polar surface area (TPSA) is 67.5 Å². The summed E-state index contributed by atoms with van der Waals surface area (Å²) in [6, 6.07) is 7.26. The predicted octanol–water partition coefficient (Wildman–Crippen LogP) is 2.19. The van der Waals surface area contributed by atoms with Crippen molar-refractivity contribution in [1.29, 1.82) is 0 Å². The van der Waals surface area contributed by atoms with Gasteiger partial charge in [0.25, 0.3) is 5.91 Å². The van der Waals surface area contributed by atoms with Gasteiger partial charge in [-0.05, 0) is 24.1 Å². The van der Waals surface area contributed by atoms with E-state index in [2.05, 4.69) is 10.3 Å². The van der Waals surface area contributed by atoms with Gasteiger partial charge in [-0.25, -0.2) is 0 Å². The number of nitrogens with one attached hydrogen (secondary N) is 1. The second-order valence-electron chi connectivity index (χ2n) is 3.61. The van der Waals surface area contributed by atoms with Gasteiger partial charge in [-0.15, -0.1) is 0 Å². The molecule has 0 aromatic heterocycles. The smallest absolute Gasteiger partial charge is 0.250 e. The Morgan fingerprint density at radius 2 is 2.22 bits per heavy atom. The van der Waals surface area contributed by atoms with Gasteiger partial charge in [0, 0.05) is 17.6 Å². The van der Waals surface area contributed by atoms with Crippen molar-refractivity contribution in [2.45, 2.75) is 13.3 Å². The molecule has 0 fully saturated rings. The molecule has 0 bridgehead atoms. The highest BCUT2D eigenvalue weighted by Crippen LogP contribution is 2.15. The Labute approximate surface area is 112 Å². The fourth-order valence-corrected chi connectivity index (χ4v) is 1.41. The lowest BCUT2D eigenvalue weighted by atomic mass is 10.2. The number of guanidine groups is 1. The van der Waals surface area contributed by atoms with Crippen LogP contribution in [-0.4, -0.2) is 18.4 Å². The van der Waals surface area contributed by atoms with E-state index in [1.807, 2.05) is 25.1 Å². The molecule has 0 aliphatic rings. The van der Waals surface area contributed by atoms with Crippen LogP contribution in [0.3, 0.4) is 0 Å². The number of nitrogens with zero attached hydrogens (tertiary/aromatic N) is 1. The fourth-order valence-electron chi connectivity index (χ4n) is 1.22. The highest BCUT2D eigenvalue weighted by atomic mass is 35.5. The van der Waals surface area contributed by atoms with Gasteiger partial charge in [-0.3, -0.25) is 15.1 Å². The molecule has 1 aromatic rings. The minimum absolute atomic E-state index is 0.130. The largest absolute Gasteiger partial charge is 0.370 e. The molecular weight excluding hydrogens is 250 g/mol. The van der Waals surface area contributed by atoms with E-state index in [0.29, 0.717) is 11.6 Å². The molecule has 0 unspecified atom stereocenters. The summed E-state index contributed by atoms with van der Waals surface area (Å²) in [6.45, 7) is 2.58. The van der Waals surface area contributed by atoms with Gasteiger partial charge in [-0.1, -0.05) is 36.7 Å². The number of aliphatic imine (C=N–C) groups is 1. The minimum Gasteiger partial charge on any atom is -0.370 e. The molecule has 5 heteroatoms. The molecule has 3 N–H and O–H groups in total. The van der Waals surface area contributed by atoms with E-state index in [-0.39, 0.29) is 11.9 Å². The minimum atomic E-state index is -0.327. The van der Waals surface area contributed by atoms with Crippen LogP contribution >= 0.6 is 11.6 Å². The molecule has 0 saturated carbocycles. The Morgan fingerprint density at radius 3 is 2.89 bits per heavy atom. The second kappa shape index (κ2) is 7.50. The molecule has 0 atom stereocenters. The van der Waals surface area contributed by atoms with E-state index >= 15 is 0 Å². The summed E-state index contributed by atoms with van der Waals surface area (Å²) < 4.78 is 0. The van der Waals surface area contributed by atoms with Crippen molar-refractivity contribution in [2.75, 3.05) is 6.54 Å². The molecule has 1 rings (SSSR count). The lowest BCUT2D eigenvalue weighted by Gasteiger charge is -2.00. The summed E-state index contributed by atoms with van der Waals surface area (Å²) in [6.07, 6.45) is 3.88. The number of hydrogen-bond acceptors (Lipinski definition) is 2. The fraction of sp³-hybridized carbons (Fsp3) is 0.231. The van der Waals surface area contributed by atoms with E-state index in [9.17, 15) is 4.79 Å². The summed E-state index contributed by atoms with van der Waals surface area (Å²) in [5, 5.41) is 3.06. The third kappa shape index (κ3) is 5.01. The summed E-state index contributed by atoms with van der Waals surface area (Å²) >= 11 is 5.95. The zero-order valence-corrected chi connectivity index (χ0v) is 10.9. The van der Waals surface area contributed by atoms with Crippen LogP contribution in [0.5, 0.6) is 0 Å². The van der Waals surface area contributed by atoms with Crippen molar-refractivity contribution < 1.29 is 4.79 Å². The lowest BCUT2D eigenvalue weighted by molar-refractivity contribution is -0.115. The van der Waals surface area contributed by atoms with Gasteiger partial charge in [0.1, 0.15) is 0 Å². The highest BCUT2D eigenvalue weighted by Gasteiger charge is 1.99. The third-order valence-corrected chi connectivity index (χ3v) is 2.42. The highest BCUT2D eigenvalue weighted by molar-refractivity contribution is 6.32. The average Bonchev–Trinajstić information content (AvgIpc) is 2.35. The van der Waals surface area contributed by atoms with Gasteiger partial charge in [0.05, 0.1) is 0 Å². The molecule has 18 heavy (non-hydrogen) atoms. The number of benzene rings is 1. The molecule has 0 spiro atoms.